The van der Waals surface area contributed by atoms with Crippen LogP contribution >= 0.6 is 0 Å². The van der Waals surface area contributed by atoms with E-state index in [4.69, 9.17) is 5.73 Å². The molecule has 0 unspecified atom stereocenters. The second-order valence-corrected chi connectivity index (χ2v) is 5.24. The van der Waals surface area contributed by atoms with Crippen molar-refractivity contribution in [2.75, 3.05) is 0 Å². The fraction of sp³-hybridized carbons (Fsp3) is 0.786. The summed E-state index contributed by atoms with van der Waals surface area (Å²) in [6.45, 7) is 4.35. The molecule has 2 nitrogen and oxygen atoms in total. The lowest BCUT2D eigenvalue weighted by Gasteiger charge is -2.22. The monoisotopic (exact) mass is 223 g/mol. The Morgan fingerprint density at radius 1 is 1.06 bits per heavy atom. The van der Waals surface area contributed by atoms with Crippen molar-refractivity contribution in [3.8, 4) is 0 Å². The molecule has 0 saturated heterocycles. The van der Waals surface area contributed by atoms with Crippen LogP contribution in [0.25, 0.3) is 0 Å². The minimum Gasteiger partial charge on any atom is -0.370 e. The van der Waals surface area contributed by atoms with Crippen molar-refractivity contribution >= 4 is 5.91 Å². The predicted molar refractivity (Wildman–Crippen MR) is 68.0 cm³/mol. The normalized spacial score (nSPS) is 19.4. The van der Waals surface area contributed by atoms with E-state index in [-0.39, 0.29) is 5.91 Å². The first-order valence-corrected chi connectivity index (χ1v) is 6.53. The van der Waals surface area contributed by atoms with Gasteiger partial charge in [-0.2, -0.15) is 0 Å². The molecule has 1 amide bonds. The first-order chi connectivity index (χ1) is 7.59. The molecule has 0 aliphatic heterocycles. The molecule has 1 saturated carbocycles. The molecule has 1 aliphatic rings. The number of hydrogen-bond donors (Lipinski definition) is 1. The van der Waals surface area contributed by atoms with Gasteiger partial charge in [0.2, 0.25) is 5.91 Å². The molecule has 1 rings (SSSR count). The van der Waals surface area contributed by atoms with Gasteiger partial charge in [-0.05, 0) is 32.6 Å². The number of hydrogen-bond acceptors (Lipinski definition) is 1. The number of carbonyl (C=O) groups is 1. The molecule has 1 fully saturated rings. The summed E-state index contributed by atoms with van der Waals surface area (Å²) in [6, 6.07) is 0. The molecule has 0 aromatic carbocycles. The van der Waals surface area contributed by atoms with Crippen molar-refractivity contribution < 1.29 is 4.79 Å². The van der Waals surface area contributed by atoms with E-state index in [1.807, 2.05) is 0 Å². The van der Waals surface area contributed by atoms with Crippen LogP contribution in [0.2, 0.25) is 0 Å². The summed E-state index contributed by atoms with van der Waals surface area (Å²) < 4.78 is 0. The minimum atomic E-state index is -0.190. The maximum absolute atomic E-state index is 10.7. The van der Waals surface area contributed by atoms with Gasteiger partial charge in [0.05, 0.1) is 0 Å². The van der Waals surface area contributed by atoms with Gasteiger partial charge in [-0.15, -0.1) is 0 Å². The Kier molecular flexibility index (Phi) is 5.58. The minimum absolute atomic E-state index is 0.190. The molecule has 16 heavy (non-hydrogen) atoms. The highest BCUT2D eigenvalue weighted by atomic mass is 16.1. The average Bonchev–Trinajstić information content (AvgIpc) is 2.27. The van der Waals surface area contributed by atoms with Gasteiger partial charge in [0.1, 0.15) is 0 Å². The van der Waals surface area contributed by atoms with Gasteiger partial charge >= 0.3 is 0 Å². The number of rotatable bonds is 5. The van der Waals surface area contributed by atoms with E-state index >= 15 is 0 Å². The molecule has 2 heteroatoms. The first-order valence-electron chi connectivity index (χ1n) is 6.53. The third-order valence-corrected chi connectivity index (χ3v) is 3.79. The quantitative estimate of drug-likeness (QED) is 0.711. The molecule has 2 N–H and O–H groups in total. The van der Waals surface area contributed by atoms with Crippen molar-refractivity contribution in [2.24, 2.45) is 11.7 Å². The number of primary amides is 1. The van der Waals surface area contributed by atoms with Crippen molar-refractivity contribution in [1.82, 2.24) is 0 Å². The van der Waals surface area contributed by atoms with Crippen LogP contribution < -0.4 is 5.73 Å². The van der Waals surface area contributed by atoms with E-state index in [2.05, 4.69) is 13.8 Å². The lowest BCUT2D eigenvalue weighted by Crippen LogP contribution is -2.10. The van der Waals surface area contributed by atoms with Gasteiger partial charge in [0, 0.05) is 6.42 Å². The summed E-state index contributed by atoms with van der Waals surface area (Å²) in [5.74, 6) is 0.696. The second kappa shape index (κ2) is 6.72. The van der Waals surface area contributed by atoms with Gasteiger partial charge in [-0.25, -0.2) is 0 Å². The van der Waals surface area contributed by atoms with Gasteiger partial charge < -0.3 is 5.73 Å². The SMILES string of the molecule is C/C(CCC(N)=O)=C(\C)CC1CCCCC1. The van der Waals surface area contributed by atoms with Gasteiger partial charge in [-0.1, -0.05) is 43.3 Å². The maximum Gasteiger partial charge on any atom is 0.217 e. The molecule has 1 aliphatic carbocycles. The second-order valence-electron chi connectivity index (χ2n) is 5.24. The molecule has 0 radical (unpaired) electrons. The Balaban J connectivity index is 2.37. The molecule has 0 spiro atoms. The largest absolute Gasteiger partial charge is 0.370 e. The summed E-state index contributed by atoms with van der Waals surface area (Å²) in [5, 5.41) is 0. The van der Waals surface area contributed by atoms with Crippen LogP contribution in [0.4, 0.5) is 0 Å². The highest BCUT2D eigenvalue weighted by Crippen LogP contribution is 2.30. The summed E-state index contributed by atoms with van der Waals surface area (Å²) in [7, 11) is 0. The van der Waals surface area contributed by atoms with Gasteiger partial charge in [-0.3, -0.25) is 4.79 Å². The van der Waals surface area contributed by atoms with Gasteiger partial charge in [0.15, 0.2) is 0 Å². The number of amides is 1. The third kappa shape index (κ3) is 4.82. The molecule has 0 atom stereocenters. The Labute approximate surface area is 99.3 Å². The third-order valence-electron chi connectivity index (χ3n) is 3.79. The Bertz CT molecular complexity index is 262. The summed E-state index contributed by atoms with van der Waals surface area (Å²) >= 11 is 0. The molecule has 0 heterocycles. The predicted octanol–water partition coefficient (Wildman–Crippen LogP) is 3.56. The first kappa shape index (κ1) is 13.3. The molecular weight excluding hydrogens is 198 g/mol. The van der Waals surface area contributed by atoms with Crippen LogP contribution in [0, 0.1) is 5.92 Å². The van der Waals surface area contributed by atoms with Crippen molar-refractivity contribution in [3.05, 3.63) is 11.1 Å². The molecule has 0 aromatic rings. The Morgan fingerprint density at radius 3 is 2.25 bits per heavy atom. The topological polar surface area (TPSA) is 43.1 Å². The number of carbonyl (C=O) groups excluding carboxylic acids is 1. The number of nitrogens with two attached hydrogens (primary N) is 1. The summed E-state index contributed by atoms with van der Waals surface area (Å²) in [4.78, 5) is 10.7. The van der Waals surface area contributed by atoms with E-state index < -0.39 is 0 Å². The van der Waals surface area contributed by atoms with E-state index in [0.717, 1.165) is 12.3 Å². The van der Waals surface area contributed by atoms with Crippen molar-refractivity contribution in [3.63, 3.8) is 0 Å². The summed E-state index contributed by atoms with van der Waals surface area (Å²) in [5.41, 5.74) is 8.01. The summed E-state index contributed by atoms with van der Waals surface area (Å²) in [6.07, 6.45) is 9.56. The van der Waals surface area contributed by atoms with Gasteiger partial charge in [0.25, 0.3) is 0 Å². The lowest BCUT2D eigenvalue weighted by molar-refractivity contribution is -0.117. The van der Waals surface area contributed by atoms with Crippen LogP contribution in [-0.2, 0) is 4.79 Å². The fourth-order valence-electron chi connectivity index (χ4n) is 2.52. The van der Waals surface area contributed by atoms with E-state index in [1.54, 1.807) is 0 Å². The van der Waals surface area contributed by atoms with Crippen LogP contribution in [-0.4, -0.2) is 5.91 Å². The van der Waals surface area contributed by atoms with E-state index in [9.17, 15) is 4.79 Å². The highest BCUT2D eigenvalue weighted by Gasteiger charge is 2.14. The van der Waals surface area contributed by atoms with Crippen LogP contribution in [0.5, 0.6) is 0 Å². The molecular formula is C14H25NO. The zero-order valence-electron chi connectivity index (χ0n) is 10.7. The molecule has 0 bridgehead atoms. The van der Waals surface area contributed by atoms with E-state index in [1.165, 1.54) is 49.7 Å². The molecule has 0 aromatic heterocycles. The highest BCUT2D eigenvalue weighted by molar-refractivity contribution is 5.73. The van der Waals surface area contributed by atoms with Crippen LogP contribution in [0.15, 0.2) is 11.1 Å². The van der Waals surface area contributed by atoms with Crippen molar-refractivity contribution in [1.29, 1.82) is 0 Å². The van der Waals surface area contributed by atoms with Crippen molar-refractivity contribution in [2.45, 2.75) is 65.2 Å². The zero-order valence-corrected chi connectivity index (χ0v) is 10.7. The lowest BCUT2D eigenvalue weighted by atomic mass is 9.84. The average molecular weight is 223 g/mol. The fourth-order valence-corrected chi connectivity index (χ4v) is 2.52. The number of allylic oxidation sites excluding steroid dienone is 2. The maximum atomic E-state index is 10.7. The standard InChI is InChI=1S/C14H25NO/c1-11(8-9-14(15)16)12(2)10-13-6-4-3-5-7-13/h13H,3-10H2,1-2H3,(H2,15,16)/b12-11-. The van der Waals surface area contributed by atoms with E-state index in [0.29, 0.717) is 6.42 Å². The smallest absolute Gasteiger partial charge is 0.217 e. The van der Waals surface area contributed by atoms with Crippen LogP contribution in [0.3, 0.4) is 0 Å². The Hall–Kier alpha value is -0.790. The zero-order chi connectivity index (χ0) is 12.0. The van der Waals surface area contributed by atoms with Crippen LogP contribution in [0.1, 0.15) is 65.2 Å². The molecule has 92 valence electrons. The Morgan fingerprint density at radius 2 is 1.69 bits per heavy atom.